The molecule has 0 aromatic carbocycles. The summed E-state index contributed by atoms with van der Waals surface area (Å²) in [6.07, 6.45) is 3.37. The Morgan fingerprint density at radius 2 is 2.07 bits per heavy atom. The quantitative estimate of drug-likeness (QED) is 0.659. The Morgan fingerprint density at radius 3 is 2.57 bits per heavy atom. The van der Waals surface area contributed by atoms with Crippen LogP contribution in [0.5, 0.6) is 0 Å². The van der Waals surface area contributed by atoms with Crippen LogP contribution < -0.4 is 0 Å². The average molecular weight is 219 g/mol. The minimum atomic E-state index is -0.658. The van der Waals surface area contributed by atoms with Crippen LogP contribution in [-0.4, -0.2) is 11.5 Å². The zero-order valence-corrected chi connectivity index (χ0v) is 9.88. The van der Waals surface area contributed by atoms with E-state index in [9.17, 15) is 4.79 Å². The third-order valence-corrected chi connectivity index (χ3v) is 3.29. The highest BCUT2D eigenvalue weighted by atomic mass is 35.5. The van der Waals surface area contributed by atoms with Crippen LogP contribution >= 0.6 is 11.6 Å². The standard InChI is InChI=1S/C11H19ClO2/c1-7(2)9-5-4-8(3)6-10(9)14-11(12)13/h7-10H,4-6H2,1-3H3/t8-,9+,10?/m1/s1. The Hall–Kier alpha value is -0.240. The normalized spacial score (nSPS) is 33.1. The summed E-state index contributed by atoms with van der Waals surface area (Å²) >= 11 is 5.27. The van der Waals surface area contributed by atoms with Gasteiger partial charge in [0.1, 0.15) is 6.10 Å². The Morgan fingerprint density at radius 1 is 1.43 bits per heavy atom. The summed E-state index contributed by atoms with van der Waals surface area (Å²) in [5, 5.41) is 0. The first kappa shape index (κ1) is 11.8. The fourth-order valence-corrected chi connectivity index (χ4v) is 2.48. The molecule has 3 heteroatoms. The van der Waals surface area contributed by atoms with Crippen molar-refractivity contribution in [1.29, 1.82) is 0 Å². The number of carbonyl (C=O) groups excluding carboxylic acids is 1. The Bertz CT molecular complexity index is 203. The van der Waals surface area contributed by atoms with E-state index in [0.29, 0.717) is 17.8 Å². The van der Waals surface area contributed by atoms with Gasteiger partial charge in [-0.15, -0.1) is 0 Å². The van der Waals surface area contributed by atoms with Crippen molar-refractivity contribution in [2.45, 2.75) is 46.1 Å². The van der Waals surface area contributed by atoms with Gasteiger partial charge in [-0.2, -0.15) is 0 Å². The highest BCUT2D eigenvalue weighted by Crippen LogP contribution is 2.35. The first-order valence-electron chi connectivity index (χ1n) is 5.36. The molecule has 1 aliphatic carbocycles. The summed E-state index contributed by atoms with van der Waals surface area (Å²) in [5.74, 6) is 1.68. The first-order valence-corrected chi connectivity index (χ1v) is 5.74. The summed E-state index contributed by atoms with van der Waals surface area (Å²) in [5.41, 5.74) is -0.658. The molecule has 0 aromatic heterocycles. The zero-order chi connectivity index (χ0) is 10.7. The second-order valence-corrected chi connectivity index (χ2v) is 5.03. The van der Waals surface area contributed by atoms with Crippen molar-refractivity contribution in [3.8, 4) is 0 Å². The molecule has 0 saturated heterocycles. The second kappa shape index (κ2) is 5.01. The lowest BCUT2D eigenvalue weighted by Gasteiger charge is -2.36. The van der Waals surface area contributed by atoms with Gasteiger partial charge in [-0.25, -0.2) is 4.79 Å². The molecule has 0 spiro atoms. The monoisotopic (exact) mass is 218 g/mol. The summed E-state index contributed by atoms with van der Waals surface area (Å²) in [4.78, 5) is 10.7. The van der Waals surface area contributed by atoms with Crippen LogP contribution in [0.3, 0.4) is 0 Å². The van der Waals surface area contributed by atoms with Crippen LogP contribution in [-0.2, 0) is 4.74 Å². The van der Waals surface area contributed by atoms with E-state index in [1.54, 1.807) is 0 Å². The highest BCUT2D eigenvalue weighted by Gasteiger charge is 2.32. The van der Waals surface area contributed by atoms with Crippen molar-refractivity contribution in [2.75, 3.05) is 0 Å². The Kier molecular flexibility index (Phi) is 4.24. The molecule has 1 aliphatic rings. The van der Waals surface area contributed by atoms with Gasteiger partial charge in [-0.3, -0.25) is 0 Å². The molecule has 0 N–H and O–H groups in total. The topological polar surface area (TPSA) is 26.3 Å². The molecule has 0 amide bonds. The zero-order valence-electron chi connectivity index (χ0n) is 9.13. The molecule has 0 radical (unpaired) electrons. The van der Waals surface area contributed by atoms with E-state index in [1.165, 1.54) is 6.42 Å². The van der Waals surface area contributed by atoms with Gasteiger partial charge in [0.15, 0.2) is 0 Å². The molecule has 0 bridgehead atoms. The molecule has 1 saturated carbocycles. The maximum atomic E-state index is 10.7. The maximum Gasteiger partial charge on any atom is 0.404 e. The SMILES string of the molecule is CC(C)[C@@H]1CC[C@@H](C)CC1OC(=O)Cl. The number of carbonyl (C=O) groups is 1. The largest absolute Gasteiger partial charge is 0.450 e. The molecule has 1 unspecified atom stereocenters. The number of hydrogen-bond donors (Lipinski definition) is 0. The van der Waals surface area contributed by atoms with E-state index in [0.717, 1.165) is 12.8 Å². The van der Waals surface area contributed by atoms with Crippen molar-refractivity contribution in [3.63, 3.8) is 0 Å². The Balaban J connectivity index is 2.58. The lowest BCUT2D eigenvalue weighted by Crippen LogP contribution is -2.34. The molecular formula is C11H19ClO2. The van der Waals surface area contributed by atoms with Gasteiger partial charge in [-0.05, 0) is 30.6 Å². The van der Waals surface area contributed by atoms with Gasteiger partial charge in [0, 0.05) is 11.6 Å². The predicted molar refractivity (Wildman–Crippen MR) is 57.5 cm³/mol. The molecular weight excluding hydrogens is 200 g/mol. The van der Waals surface area contributed by atoms with Gasteiger partial charge in [0.05, 0.1) is 0 Å². The molecule has 82 valence electrons. The fourth-order valence-electron chi connectivity index (χ4n) is 2.37. The van der Waals surface area contributed by atoms with Crippen molar-refractivity contribution in [2.24, 2.45) is 17.8 Å². The van der Waals surface area contributed by atoms with Crippen molar-refractivity contribution < 1.29 is 9.53 Å². The molecule has 0 heterocycles. The van der Waals surface area contributed by atoms with E-state index in [2.05, 4.69) is 20.8 Å². The summed E-state index contributed by atoms with van der Waals surface area (Å²) < 4.78 is 5.16. The maximum absolute atomic E-state index is 10.7. The predicted octanol–water partition coefficient (Wildman–Crippen LogP) is 3.82. The summed E-state index contributed by atoms with van der Waals surface area (Å²) in [6.45, 7) is 6.55. The smallest absolute Gasteiger partial charge is 0.404 e. The molecule has 1 fully saturated rings. The Labute approximate surface area is 91.0 Å². The van der Waals surface area contributed by atoms with Gasteiger partial charge >= 0.3 is 5.43 Å². The van der Waals surface area contributed by atoms with E-state index in [4.69, 9.17) is 16.3 Å². The minimum Gasteiger partial charge on any atom is -0.450 e. The van der Waals surface area contributed by atoms with E-state index < -0.39 is 5.43 Å². The van der Waals surface area contributed by atoms with Gasteiger partial charge < -0.3 is 4.74 Å². The van der Waals surface area contributed by atoms with E-state index in [1.807, 2.05) is 0 Å². The van der Waals surface area contributed by atoms with Crippen LogP contribution in [0.2, 0.25) is 0 Å². The summed E-state index contributed by atoms with van der Waals surface area (Å²) in [6, 6.07) is 0. The van der Waals surface area contributed by atoms with Gasteiger partial charge in [-0.1, -0.05) is 27.2 Å². The van der Waals surface area contributed by atoms with Crippen LogP contribution in [0, 0.1) is 17.8 Å². The molecule has 2 nitrogen and oxygen atoms in total. The lowest BCUT2D eigenvalue weighted by atomic mass is 9.75. The molecule has 14 heavy (non-hydrogen) atoms. The van der Waals surface area contributed by atoms with E-state index >= 15 is 0 Å². The van der Waals surface area contributed by atoms with E-state index in [-0.39, 0.29) is 6.10 Å². The molecule has 0 aliphatic heterocycles. The first-order chi connectivity index (χ1) is 6.50. The average Bonchev–Trinajstić information content (AvgIpc) is 2.01. The van der Waals surface area contributed by atoms with Gasteiger partial charge in [0.25, 0.3) is 0 Å². The van der Waals surface area contributed by atoms with Crippen LogP contribution in [0.25, 0.3) is 0 Å². The van der Waals surface area contributed by atoms with Crippen molar-refractivity contribution >= 4 is 17.0 Å². The van der Waals surface area contributed by atoms with Crippen LogP contribution in [0.1, 0.15) is 40.0 Å². The fraction of sp³-hybridized carbons (Fsp3) is 0.909. The van der Waals surface area contributed by atoms with Crippen molar-refractivity contribution in [1.82, 2.24) is 0 Å². The number of halogens is 1. The second-order valence-electron chi connectivity index (χ2n) is 4.72. The molecule has 3 atom stereocenters. The number of hydrogen-bond acceptors (Lipinski definition) is 2. The minimum absolute atomic E-state index is 0.0312. The third-order valence-electron chi connectivity index (χ3n) is 3.21. The van der Waals surface area contributed by atoms with Crippen molar-refractivity contribution in [3.05, 3.63) is 0 Å². The van der Waals surface area contributed by atoms with Crippen LogP contribution in [0.4, 0.5) is 4.79 Å². The number of rotatable bonds is 2. The third kappa shape index (κ3) is 3.16. The lowest BCUT2D eigenvalue weighted by molar-refractivity contribution is 0.0179. The van der Waals surface area contributed by atoms with Gasteiger partial charge in [0.2, 0.25) is 0 Å². The highest BCUT2D eigenvalue weighted by molar-refractivity contribution is 6.61. The van der Waals surface area contributed by atoms with Crippen LogP contribution in [0.15, 0.2) is 0 Å². The summed E-state index contributed by atoms with van der Waals surface area (Å²) in [7, 11) is 0. The number of ether oxygens (including phenoxy) is 1. The molecule has 0 aromatic rings. The molecule has 1 rings (SSSR count).